The molecule has 0 radical (unpaired) electrons. The molecule has 0 spiro atoms. The van der Waals surface area contributed by atoms with Gasteiger partial charge in [0, 0.05) is 19.5 Å². The van der Waals surface area contributed by atoms with Gasteiger partial charge < -0.3 is 23.6 Å². The van der Waals surface area contributed by atoms with E-state index in [0.29, 0.717) is 48.2 Å². The van der Waals surface area contributed by atoms with Crippen LogP contribution in [0.3, 0.4) is 0 Å². The van der Waals surface area contributed by atoms with Crippen LogP contribution in [0.25, 0.3) is 11.4 Å². The predicted molar refractivity (Wildman–Crippen MR) is 110 cm³/mol. The van der Waals surface area contributed by atoms with Crippen molar-refractivity contribution >= 4 is 5.91 Å². The maximum atomic E-state index is 12.4. The van der Waals surface area contributed by atoms with Crippen LogP contribution in [0.2, 0.25) is 0 Å². The van der Waals surface area contributed by atoms with Crippen molar-refractivity contribution in [2.24, 2.45) is 0 Å². The fourth-order valence-corrected chi connectivity index (χ4v) is 2.82. The number of para-hydroxylation sites is 1. The monoisotopic (exact) mass is 411 g/mol. The third kappa shape index (κ3) is 5.50. The lowest BCUT2D eigenvalue weighted by Gasteiger charge is -2.14. The lowest BCUT2D eigenvalue weighted by molar-refractivity contribution is -0.131. The van der Waals surface area contributed by atoms with Crippen molar-refractivity contribution in [3.05, 3.63) is 54.4 Å². The van der Waals surface area contributed by atoms with Crippen LogP contribution in [0, 0.1) is 0 Å². The fourth-order valence-electron chi connectivity index (χ4n) is 2.82. The zero-order chi connectivity index (χ0) is 21.3. The predicted octanol–water partition coefficient (Wildman–Crippen LogP) is 3.57. The van der Waals surface area contributed by atoms with E-state index in [4.69, 9.17) is 18.7 Å². The van der Waals surface area contributed by atoms with Gasteiger partial charge in [0.2, 0.25) is 17.6 Å². The van der Waals surface area contributed by atoms with Crippen LogP contribution in [0.5, 0.6) is 17.2 Å². The first kappa shape index (κ1) is 21.2. The summed E-state index contributed by atoms with van der Waals surface area (Å²) in [6.45, 7) is 0.704. The maximum absolute atomic E-state index is 12.4. The van der Waals surface area contributed by atoms with Gasteiger partial charge in [0.15, 0.2) is 0 Å². The first-order chi connectivity index (χ1) is 14.6. The second-order valence-electron chi connectivity index (χ2n) is 6.59. The highest BCUT2D eigenvalue weighted by Crippen LogP contribution is 2.31. The van der Waals surface area contributed by atoms with Crippen molar-refractivity contribution < 1.29 is 23.5 Å². The van der Waals surface area contributed by atoms with Gasteiger partial charge in [-0.15, -0.1) is 0 Å². The van der Waals surface area contributed by atoms with Crippen molar-refractivity contribution in [3.63, 3.8) is 0 Å². The molecule has 0 N–H and O–H groups in total. The minimum atomic E-state index is -0.0200. The summed E-state index contributed by atoms with van der Waals surface area (Å²) >= 11 is 0. The minimum Gasteiger partial charge on any atom is -0.497 e. The Morgan fingerprint density at radius 2 is 1.87 bits per heavy atom. The van der Waals surface area contributed by atoms with Crippen LogP contribution >= 0.6 is 0 Å². The van der Waals surface area contributed by atoms with E-state index >= 15 is 0 Å². The van der Waals surface area contributed by atoms with Crippen molar-refractivity contribution in [1.29, 1.82) is 0 Å². The van der Waals surface area contributed by atoms with Crippen LogP contribution in [0.15, 0.2) is 53.1 Å². The molecule has 1 amide bonds. The number of hydrogen-bond donors (Lipinski definition) is 0. The van der Waals surface area contributed by atoms with Crippen LogP contribution in [-0.2, 0) is 11.3 Å². The number of carbonyl (C=O) groups is 1. The molecule has 0 aliphatic carbocycles. The molecule has 8 heteroatoms. The molecular weight excluding hydrogens is 386 g/mol. The Bertz CT molecular complexity index is 958. The number of rotatable bonds is 10. The van der Waals surface area contributed by atoms with Crippen LogP contribution in [0.4, 0.5) is 0 Å². The van der Waals surface area contributed by atoms with E-state index in [-0.39, 0.29) is 12.5 Å². The summed E-state index contributed by atoms with van der Waals surface area (Å²) in [5.74, 6) is 2.76. The summed E-state index contributed by atoms with van der Waals surface area (Å²) in [4.78, 5) is 18.3. The summed E-state index contributed by atoms with van der Waals surface area (Å²) in [6, 6.07) is 14.9. The molecule has 158 valence electrons. The number of aromatic nitrogens is 2. The Labute approximate surface area is 175 Å². The molecule has 0 aliphatic rings. The van der Waals surface area contributed by atoms with Gasteiger partial charge in [-0.05, 0) is 30.7 Å². The van der Waals surface area contributed by atoms with Gasteiger partial charge in [-0.2, -0.15) is 4.98 Å². The van der Waals surface area contributed by atoms with E-state index < -0.39 is 0 Å². The molecular formula is C22H25N3O5. The van der Waals surface area contributed by atoms with Gasteiger partial charge >= 0.3 is 0 Å². The van der Waals surface area contributed by atoms with Gasteiger partial charge in [-0.3, -0.25) is 4.79 Å². The molecule has 30 heavy (non-hydrogen) atoms. The first-order valence-electron chi connectivity index (χ1n) is 9.57. The van der Waals surface area contributed by atoms with E-state index in [1.807, 2.05) is 30.3 Å². The Balaban J connectivity index is 1.52. The molecule has 0 fully saturated rings. The number of amides is 1. The Kier molecular flexibility index (Phi) is 7.26. The molecule has 3 rings (SSSR count). The molecule has 8 nitrogen and oxygen atoms in total. The summed E-state index contributed by atoms with van der Waals surface area (Å²) in [7, 11) is 4.85. The van der Waals surface area contributed by atoms with E-state index in [0.717, 1.165) is 5.75 Å². The van der Waals surface area contributed by atoms with Crippen LogP contribution in [0.1, 0.15) is 18.7 Å². The highest BCUT2D eigenvalue weighted by atomic mass is 16.5. The van der Waals surface area contributed by atoms with E-state index in [1.54, 1.807) is 44.4 Å². The van der Waals surface area contributed by atoms with E-state index in [1.165, 1.54) is 0 Å². The van der Waals surface area contributed by atoms with Gasteiger partial charge in [0.25, 0.3) is 0 Å². The van der Waals surface area contributed by atoms with Crippen molar-refractivity contribution in [1.82, 2.24) is 15.0 Å². The van der Waals surface area contributed by atoms with Crippen molar-refractivity contribution in [2.75, 3.05) is 27.9 Å². The van der Waals surface area contributed by atoms with Crippen molar-refractivity contribution in [3.8, 4) is 28.6 Å². The molecule has 1 heterocycles. The average Bonchev–Trinajstić information content (AvgIpc) is 3.24. The zero-order valence-corrected chi connectivity index (χ0v) is 17.3. The Morgan fingerprint density at radius 3 is 2.60 bits per heavy atom. The zero-order valence-electron chi connectivity index (χ0n) is 17.3. The van der Waals surface area contributed by atoms with Crippen LogP contribution in [-0.4, -0.2) is 48.8 Å². The largest absolute Gasteiger partial charge is 0.497 e. The normalized spacial score (nSPS) is 10.5. The molecule has 3 aromatic rings. The lowest BCUT2D eigenvalue weighted by atomic mass is 10.2. The number of ether oxygens (including phenoxy) is 3. The van der Waals surface area contributed by atoms with E-state index in [2.05, 4.69) is 10.1 Å². The average molecular weight is 411 g/mol. The number of benzene rings is 2. The van der Waals surface area contributed by atoms with Crippen molar-refractivity contribution in [2.45, 2.75) is 19.4 Å². The summed E-state index contributed by atoms with van der Waals surface area (Å²) in [5, 5.41) is 4.01. The molecule has 0 atom stereocenters. The highest BCUT2D eigenvalue weighted by Gasteiger charge is 2.17. The smallest absolute Gasteiger partial charge is 0.246 e. The van der Waals surface area contributed by atoms with Crippen LogP contribution < -0.4 is 14.2 Å². The summed E-state index contributed by atoms with van der Waals surface area (Å²) in [6.07, 6.45) is 0.993. The number of methoxy groups -OCH3 is 2. The number of carbonyl (C=O) groups excluding carboxylic acids is 1. The molecule has 0 saturated carbocycles. The standard InChI is InChI=1S/C22H25N3O5/c1-25(21(26)10-7-13-29-16-8-5-4-6-9-16)15-20-23-22(24-30-20)18-12-11-17(27-2)14-19(18)28-3/h4-6,8-9,11-12,14H,7,10,13,15H2,1-3H3. The second kappa shape index (κ2) is 10.3. The first-order valence-corrected chi connectivity index (χ1v) is 9.57. The molecule has 1 aromatic heterocycles. The molecule has 0 bridgehead atoms. The second-order valence-corrected chi connectivity index (χ2v) is 6.59. The quantitative estimate of drug-likeness (QED) is 0.471. The lowest BCUT2D eigenvalue weighted by Crippen LogP contribution is -2.26. The molecule has 0 saturated heterocycles. The number of hydrogen-bond acceptors (Lipinski definition) is 7. The van der Waals surface area contributed by atoms with Gasteiger partial charge in [-0.1, -0.05) is 23.4 Å². The Morgan fingerprint density at radius 1 is 1.07 bits per heavy atom. The minimum absolute atomic E-state index is 0.0200. The SMILES string of the molecule is COc1ccc(-c2noc(CN(C)C(=O)CCCOc3ccccc3)n2)c(OC)c1. The maximum Gasteiger partial charge on any atom is 0.246 e. The Hall–Kier alpha value is -3.55. The highest BCUT2D eigenvalue weighted by molar-refractivity contribution is 5.75. The topological polar surface area (TPSA) is 86.9 Å². The summed E-state index contributed by atoms with van der Waals surface area (Å²) < 4.78 is 21.5. The van der Waals surface area contributed by atoms with Gasteiger partial charge in [0.05, 0.1) is 32.9 Å². The fraction of sp³-hybridized carbons (Fsp3) is 0.318. The molecule has 2 aromatic carbocycles. The molecule has 0 unspecified atom stereocenters. The number of nitrogens with zero attached hydrogens (tertiary/aromatic N) is 3. The molecule has 0 aliphatic heterocycles. The summed E-state index contributed by atoms with van der Waals surface area (Å²) in [5.41, 5.74) is 0.681. The van der Waals surface area contributed by atoms with Gasteiger partial charge in [-0.25, -0.2) is 0 Å². The van der Waals surface area contributed by atoms with E-state index in [9.17, 15) is 4.79 Å². The third-order valence-electron chi connectivity index (χ3n) is 4.46. The third-order valence-corrected chi connectivity index (χ3v) is 4.46. The van der Waals surface area contributed by atoms with Gasteiger partial charge in [0.1, 0.15) is 17.2 Å².